The molecule has 2 aromatic carbocycles. The van der Waals surface area contributed by atoms with Gasteiger partial charge in [0.2, 0.25) is 0 Å². The molecule has 1 heterocycles. The molecule has 0 saturated carbocycles. The van der Waals surface area contributed by atoms with Crippen molar-refractivity contribution >= 4 is 33.0 Å². The molecule has 8 heteroatoms. The van der Waals surface area contributed by atoms with E-state index in [1.165, 1.54) is 30.3 Å². The molecule has 0 unspecified atom stereocenters. The van der Waals surface area contributed by atoms with Crippen LogP contribution in [0.15, 0.2) is 42.5 Å². The Kier molecular flexibility index (Phi) is 4.38. The Morgan fingerprint density at radius 2 is 1.88 bits per heavy atom. The Labute approximate surface area is 143 Å². The predicted molar refractivity (Wildman–Crippen MR) is 87.6 cm³/mol. The number of fused-ring (bicyclic) bond motifs is 1. The molecule has 130 valence electrons. The third-order valence-electron chi connectivity index (χ3n) is 3.47. The molecule has 25 heavy (non-hydrogen) atoms. The Bertz CT molecular complexity index is 949. The van der Waals surface area contributed by atoms with Gasteiger partial charge in [-0.05, 0) is 48.2 Å². The van der Waals surface area contributed by atoms with E-state index in [0.29, 0.717) is 20.5 Å². The first-order valence-corrected chi connectivity index (χ1v) is 7.91. The van der Waals surface area contributed by atoms with Gasteiger partial charge in [0.05, 0.1) is 10.6 Å². The zero-order valence-electron chi connectivity index (χ0n) is 12.8. The fourth-order valence-corrected chi connectivity index (χ4v) is 3.46. The highest BCUT2D eigenvalue weighted by atomic mass is 32.1. The molecule has 0 fully saturated rings. The van der Waals surface area contributed by atoms with Crippen molar-refractivity contribution in [2.75, 3.05) is 5.32 Å². The van der Waals surface area contributed by atoms with Gasteiger partial charge in [0, 0.05) is 4.70 Å². The van der Waals surface area contributed by atoms with E-state index in [4.69, 9.17) is 0 Å². The average molecular weight is 369 g/mol. The van der Waals surface area contributed by atoms with Gasteiger partial charge in [0.15, 0.2) is 5.75 Å². The van der Waals surface area contributed by atoms with E-state index in [-0.39, 0.29) is 5.69 Å². The van der Waals surface area contributed by atoms with Crippen LogP contribution in [0.1, 0.15) is 15.2 Å². The molecular weight excluding hydrogens is 358 g/mol. The van der Waals surface area contributed by atoms with Crippen molar-refractivity contribution in [2.24, 2.45) is 0 Å². The van der Waals surface area contributed by atoms with E-state index in [2.05, 4.69) is 10.1 Å². The lowest BCUT2D eigenvalue weighted by atomic mass is 10.1. The van der Waals surface area contributed by atoms with Gasteiger partial charge in [-0.1, -0.05) is 12.1 Å². The molecule has 3 nitrogen and oxygen atoms in total. The quantitative estimate of drug-likeness (QED) is 0.619. The van der Waals surface area contributed by atoms with E-state index in [1.807, 2.05) is 0 Å². The molecule has 0 saturated heterocycles. The van der Waals surface area contributed by atoms with Crippen LogP contribution in [0.25, 0.3) is 10.1 Å². The summed E-state index contributed by atoms with van der Waals surface area (Å²) < 4.78 is 55.4. The Balaban J connectivity index is 1.92. The van der Waals surface area contributed by atoms with E-state index in [9.17, 15) is 22.4 Å². The second-order valence-electron chi connectivity index (χ2n) is 5.19. The number of nitrogens with one attached hydrogen (secondary N) is 1. The Morgan fingerprint density at radius 3 is 2.60 bits per heavy atom. The zero-order valence-corrected chi connectivity index (χ0v) is 13.6. The molecule has 0 atom stereocenters. The highest BCUT2D eigenvalue weighted by Gasteiger charge is 2.32. The lowest BCUT2D eigenvalue weighted by Crippen LogP contribution is -2.19. The number of carbonyl (C=O) groups excluding carboxylic acids is 1. The van der Waals surface area contributed by atoms with Gasteiger partial charge in [0.25, 0.3) is 5.91 Å². The molecule has 3 rings (SSSR count). The number of amides is 1. The van der Waals surface area contributed by atoms with Gasteiger partial charge in [-0.15, -0.1) is 24.5 Å². The first kappa shape index (κ1) is 17.2. The second kappa shape index (κ2) is 6.36. The number of alkyl halides is 3. The summed E-state index contributed by atoms with van der Waals surface area (Å²) in [4.78, 5) is 12.8. The van der Waals surface area contributed by atoms with E-state index in [1.54, 1.807) is 13.0 Å². The molecule has 1 N–H and O–H groups in total. The normalized spacial score (nSPS) is 11.6. The third kappa shape index (κ3) is 3.74. The van der Waals surface area contributed by atoms with E-state index < -0.39 is 23.8 Å². The number of carbonyl (C=O) groups is 1. The van der Waals surface area contributed by atoms with Crippen LogP contribution >= 0.6 is 11.3 Å². The van der Waals surface area contributed by atoms with Crippen LogP contribution in [0.5, 0.6) is 5.75 Å². The maximum Gasteiger partial charge on any atom is 0.573 e. The van der Waals surface area contributed by atoms with Crippen molar-refractivity contribution in [1.29, 1.82) is 0 Å². The van der Waals surface area contributed by atoms with Crippen molar-refractivity contribution in [3.05, 3.63) is 58.7 Å². The standard InChI is InChI=1S/C17H11F4NO2S/c1-9-11-8-10(18)6-7-14(11)25-15(9)16(23)22-12-4-2-3-5-13(12)24-17(19,20)21/h2-8H,1H3,(H,22,23). The van der Waals surface area contributed by atoms with Gasteiger partial charge < -0.3 is 10.1 Å². The first-order valence-electron chi connectivity index (χ1n) is 7.09. The molecule has 0 radical (unpaired) electrons. The van der Waals surface area contributed by atoms with Crippen molar-refractivity contribution in [1.82, 2.24) is 0 Å². The van der Waals surface area contributed by atoms with Gasteiger partial charge in [-0.3, -0.25) is 4.79 Å². The maximum atomic E-state index is 13.4. The minimum atomic E-state index is -4.87. The first-order chi connectivity index (χ1) is 11.7. The summed E-state index contributed by atoms with van der Waals surface area (Å²) in [5, 5.41) is 3.01. The Hall–Kier alpha value is -2.61. The number of hydrogen-bond donors (Lipinski definition) is 1. The lowest BCUT2D eigenvalue weighted by Gasteiger charge is -2.13. The number of benzene rings is 2. The van der Waals surface area contributed by atoms with Crippen LogP contribution in [-0.2, 0) is 0 Å². The van der Waals surface area contributed by atoms with Crippen molar-refractivity contribution in [2.45, 2.75) is 13.3 Å². The van der Waals surface area contributed by atoms with Crippen molar-refractivity contribution in [3.8, 4) is 5.75 Å². The molecule has 3 aromatic rings. The van der Waals surface area contributed by atoms with Crippen LogP contribution < -0.4 is 10.1 Å². The van der Waals surface area contributed by atoms with Gasteiger partial charge in [-0.25, -0.2) is 4.39 Å². The molecule has 0 aliphatic heterocycles. The number of rotatable bonds is 3. The lowest BCUT2D eigenvalue weighted by molar-refractivity contribution is -0.274. The monoisotopic (exact) mass is 369 g/mol. The van der Waals surface area contributed by atoms with Gasteiger partial charge >= 0.3 is 6.36 Å². The summed E-state index contributed by atoms with van der Waals surface area (Å²) in [6, 6.07) is 9.42. The Morgan fingerprint density at radius 1 is 1.16 bits per heavy atom. The average Bonchev–Trinajstić information content (AvgIpc) is 2.85. The summed E-state index contributed by atoms with van der Waals surface area (Å²) >= 11 is 1.14. The number of para-hydroxylation sites is 2. The highest BCUT2D eigenvalue weighted by Crippen LogP contribution is 2.34. The smallest absolute Gasteiger partial charge is 0.404 e. The van der Waals surface area contributed by atoms with Gasteiger partial charge in [0.1, 0.15) is 5.82 Å². The van der Waals surface area contributed by atoms with Crippen LogP contribution in [0.2, 0.25) is 0 Å². The molecule has 0 bridgehead atoms. The summed E-state index contributed by atoms with van der Waals surface area (Å²) in [5.41, 5.74) is 0.457. The maximum absolute atomic E-state index is 13.4. The molecule has 0 aliphatic rings. The summed E-state index contributed by atoms with van der Waals surface area (Å²) in [6.07, 6.45) is -4.87. The van der Waals surface area contributed by atoms with Crippen LogP contribution in [0.4, 0.5) is 23.2 Å². The summed E-state index contributed by atoms with van der Waals surface area (Å²) in [7, 11) is 0. The van der Waals surface area contributed by atoms with E-state index in [0.717, 1.165) is 17.4 Å². The van der Waals surface area contributed by atoms with Gasteiger partial charge in [-0.2, -0.15) is 0 Å². The largest absolute Gasteiger partial charge is 0.573 e. The number of ether oxygens (including phenoxy) is 1. The van der Waals surface area contributed by atoms with E-state index >= 15 is 0 Å². The molecule has 1 aromatic heterocycles. The highest BCUT2D eigenvalue weighted by molar-refractivity contribution is 7.21. The molecule has 0 spiro atoms. The fraction of sp³-hybridized carbons (Fsp3) is 0.118. The van der Waals surface area contributed by atoms with Crippen LogP contribution in [0.3, 0.4) is 0 Å². The fourth-order valence-electron chi connectivity index (χ4n) is 2.37. The van der Waals surface area contributed by atoms with Crippen LogP contribution in [0, 0.1) is 12.7 Å². The zero-order chi connectivity index (χ0) is 18.2. The van der Waals surface area contributed by atoms with Crippen molar-refractivity contribution in [3.63, 3.8) is 0 Å². The number of hydrogen-bond acceptors (Lipinski definition) is 3. The second-order valence-corrected chi connectivity index (χ2v) is 6.25. The SMILES string of the molecule is Cc1c(C(=O)Nc2ccccc2OC(F)(F)F)sc2ccc(F)cc12. The third-order valence-corrected chi connectivity index (χ3v) is 4.74. The molecular formula is C17H11F4NO2S. The van der Waals surface area contributed by atoms with Crippen molar-refractivity contribution < 1.29 is 27.1 Å². The number of anilines is 1. The number of thiophene rings is 1. The number of aryl methyl sites for hydroxylation is 1. The molecule has 1 amide bonds. The summed E-state index contributed by atoms with van der Waals surface area (Å²) in [5.74, 6) is -1.52. The minimum absolute atomic E-state index is 0.104. The van der Waals surface area contributed by atoms with Crippen LogP contribution in [-0.4, -0.2) is 12.3 Å². The molecule has 0 aliphatic carbocycles. The summed E-state index contributed by atoms with van der Waals surface area (Å²) in [6.45, 7) is 1.66. The number of halogens is 4. The minimum Gasteiger partial charge on any atom is -0.404 e. The predicted octanol–water partition coefficient (Wildman–Crippen LogP) is 5.50. The topological polar surface area (TPSA) is 38.3 Å².